The van der Waals surface area contributed by atoms with E-state index in [1.165, 1.54) is 0 Å². The monoisotopic (exact) mass is 209 g/mol. The van der Waals surface area contributed by atoms with Crippen molar-refractivity contribution in [3.63, 3.8) is 0 Å². The van der Waals surface area contributed by atoms with Crippen molar-refractivity contribution in [3.8, 4) is 0 Å². The first-order valence-electron chi connectivity index (χ1n) is 4.56. The fraction of sp³-hybridized carbons (Fsp3) is 0.300. The van der Waals surface area contributed by atoms with Gasteiger partial charge < -0.3 is 5.73 Å². The van der Waals surface area contributed by atoms with Crippen molar-refractivity contribution in [3.05, 3.63) is 34.9 Å². The minimum Gasteiger partial charge on any atom is -0.330 e. The lowest BCUT2D eigenvalue weighted by Gasteiger charge is -1.99. The first-order valence-corrected chi connectivity index (χ1v) is 4.94. The van der Waals surface area contributed by atoms with Crippen LogP contribution < -0.4 is 5.73 Å². The molecule has 2 N–H and O–H groups in total. The maximum absolute atomic E-state index is 6.07. The van der Waals surface area contributed by atoms with Crippen LogP contribution in [0.2, 0.25) is 5.15 Å². The predicted molar refractivity (Wildman–Crippen MR) is 57.7 cm³/mol. The molecule has 0 aliphatic heterocycles. The van der Waals surface area contributed by atoms with Gasteiger partial charge in [0.25, 0.3) is 0 Å². The van der Waals surface area contributed by atoms with Gasteiger partial charge in [0, 0.05) is 6.42 Å². The lowest BCUT2D eigenvalue weighted by Crippen LogP contribution is -2.03. The Hall–Kier alpha value is -1.06. The summed E-state index contributed by atoms with van der Waals surface area (Å²) in [6.07, 6.45) is 0.789. The summed E-state index contributed by atoms with van der Waals surface area (Å²) in [5, 5.41) is 0.691. The first-order chi connectivity index (χ1) is 6.74. The van der Waals surface area contributed by atoms with E-state index < -0.39 is 0 Å². The fourth-order valence-electron chi connectivity index (χ4n) is 1.66. The van der Waals surface area contributed by atoms with E-state index in [1.54, 1.807) is 0 Å². The largest absolute Gasteiger partial charge is 0.330 e. The van der Waals surface area contributed by atoms with Crippen LogP contribution >= 0.6 is 11.6 Å². The summed E-state index contributed by atoms with van der Waals surface area (Å²) in [5.74, 6) is 0.911. The third-order valence-corrected chi connectivity index (χ3v) is 2.53. The van der Waals surface area contributed by atoms with E-state index in [9.17, 15) is 0 Å². The number of nitrogens with zero attached hydrogens (tertiary/aromatic N) is 2. The Balaban J connectivity index is 2.71. The molecule has 74 valence electrons. The Morgan fingerprint density at radius 1 is 1.50 bits per heavy atom. The van der Waals surface area contributed by atoms with Crippen LogP contribution in [0.4, 0.5) is 0 Å². The van der Waals surface area contributed by atoms with E-state index in [4.69, 9.17) is 17.3 Å². The number of fused-ring (bicyclic) bond motifs is 1. The molecule has 2 aromatic rings. The van der Waals surface area contributed by atoms with Gasteiger partial charge in [-0.05, 0) is 25.6 Å². The maximum atomic E-state index is 6.07. The normalized spacial score (nSPS) is 11.1. The minimum absolute atomic E-state index is 0.610. The third-order valence-electron chi connectivity index (χ3n) is 2.24. The molecule has 4 heteroatoms. The third kappa shape index (κ3) is 1.38. The number of aromatic nitrogens is 2. The van der Waals surface area contributed by atoms with Crippen LogP contribution in [-0.2, 0) is 6.42 Å². The van der Waals surface area contributed by atoms with Crippen LogP contribution in [0.1, 0.15) is 11.5 Å². The molecule has 14 heavy (non-hydrogen) atoms. The Bertz CT molecular complexity index is 462. The zero-order chi connectivity index (χ0) is 10.1. The molecule has 0 aromatic carbocycles. The van der Waals surface area contributed by atoms with E-state index in [0.717, 1.165) is 23.5 Å². The van der Waals surface area contributed by atoms with Crippen molar-refractivity contribution in [1.82, 2.24) is 9.38 Å². The summed E-state index contributed by atoms with van der Waals surface area (Å²) >= 11 is 6.07. The van der Waals surface area contributed by atoms with Crippen LogP contribution in [-0.4, -0.2) is 15.9 Å². The van der Waals surface area contributed by atoms with Gasteiger partial charge in [-0.15, -0.1) is 0 Å². The molecular formula is C10H12ClN3. The number of hydrogen-bond acceptors (Lipinski definition) is 2. The molecule has 2 aromatic heterocycles. The average molecular weight is 210 g/mol. The van der Waals surface area contributed by atoms with Crippen LogP contribution in [0, 0.1) is 6.92 Å². The quantitative estimate of drug-likeness (QED) is 0.767. The molecule has 2 rings (SSSR count). The number of imidazole rings is 1. The van der Waals surface area contributed by atoms with Gasteiger partial charge in [0.05, 0.1) is 11.2 Å². The number of aryl methyl sites for hydroxylation is 1. The second-order valence-electron chi connectivity index (χ2n) is 3.21. The number of halogens is 1. The smallest absolute Gasteiger partial charge is 0.114 e. The van der Waals surface area contributed by atoms with Gasteiger partial charge in [-0.25, -0.2) is 4.98 Å². The molecule has 0 amide bonds. The molecule has 0 radical (unpaired) electrons. The molecule has 2 heterocycles. The number of nitrogens with two attached hydrogens (primary N) is 1. The average Bonchev–Trinajstić information content (AvgIpc) is 2.46. The summed E-state index contributed by atoms with van der Waals surface area (Å²) in [7, 11) is 0. The van der Waals surface area contributed by atoms with Crippen molar-refractivity contribution >= 4 is 17.1 Å². The molecule has 0 aliphatic carbocycles. The standard InChI is InChI=1S/C10H12ClN3/c1-7-13-8(5-6-12)9-3-2-4-10(11)14(7)9/h2-4H,5-6,12H2,1H3. The van der Waals surface area contributed by atoms with E-state index in [-0.39, 0.29) is 0 Å². The van der Waals surface area contributed by atoms with Gasteiger partial charge in [-0.3, -0.25) is 4.40 Å². The molecule has 0 atom stereocenters. The number of pyridine rings is 1. The van der Waals surface area contributed by atoms with Crippen molar-refractivity contribution in [2.45, 2.75) is 13.3 Å². The van der Waals surface area contributed by atoms with Gasteiger partial charge in [-0.1, -0.05) is 17.7 Å². The minimum atomic E-state index is 0.610. The highest BCUT2D eigenvalue weighted by Crippen LogP contribution is 2.18. The summed E-state index contributed by atoms with van der Waals surface area (Å²) in [6, 6.07) is 5.80. The van der Waals surface area contributed by atoms with E-state index >= 15 is 0 Å². The predicted octanol–water partition coefficient (Wildman–Crippen LogP) is 1.80. The second kappa shape index (κ2) is 3.59. The molecule has 0 bridgehead atoms. The lowest BCUT2D eigenvalue weighted by molar-refractivity contribution is 0.933. The second-order valence-corrected chi connectivity index (χ2v) is 3.60. The highest BCUT2D eigenvalue weighted by atomic mass is 35.5. The van der Waals surface area contributed by atoms with Crippen LogP contribution in [0.5, 0.6) is 0 Å². The molecule has 3 nitrogen and oxygen atoms in total. The Labute approximate surface area is 87.5 Å². The molecule has 0 saturated carbocycles. The summed E-state index contributed by atoms with van der Waals surface area (Å²) in [5.41, 5.74) is 7.59. The highest BCUT2D eigenvalue weighted by Gasteiger charge is 2.08. The molecule has 0 aliphatic rings. The van der Waals surface area contributed by atoms with Crippen LogP contribution in [0.3, 0.4) is 0 Å². The van der Waals surface area contributed by atoms with Gasteiger partial charge in [0.1, 0.15) is 11.0 Å². The van der Waals surface area contributed by atoms with Crippen molar-refractivity contribution in [2.24, 2.45) is 5.73 Å². The number of hydrogen-bond donors (Lipinski definition) is 1. The SMILES string of the molecule is Cc1nc(CCN)c2cccc(Cl)n12. The summed E-state index contributed by atoms with van der Waals surface area (Å²) < 4.78 is 1.94. The first kappa shape index (κ1) is 9.49. The maximum Gasteiger partial charge on any atom is 0.114 e. The zero-order valence-electron chi connectivity index (χ0n) is 8.00. The molecule has 0 spiro atoms. The Morgan fingerprint density at radius 3 is 3.00 bits per heavy atom. The van der Waals surface area contributed by atoms with E-state index in [0.29, 0.717) is 11.7 Å². The topological polar surface area (TPSA) is 43.3 Å². The lowest BCUT2D eigenvalue weighted by atomic mass is 10.2. The van der Waals surface area contributed by atoms with Gasteiger partial charge >= 0.3 is 0 Å². The Morgan fingerprint density at radius 2 is 2.29 bits per heavy atom. The van der Waals surface area contributed by atoms with Crippen molar-refractivity contribution in [1.29, 1.82) is 0 Å². The van der Waals surface area contributed by atoms with E-state index in [2.05, 4.69) is 4.98 Å². The van der Waals surface area contributed by atoms with Crippen molar-refractivity contribution in [2.75, 3.05) is 6.54 Å². The number of rotatable bonds is 2. The zero-order valence-corrected chi connectivity index (χ0v) is 8.75. The molecule has 0 fully saturated rings. The summed E-state index contributed by atoms with van der Waals surface area (Å²) in [6.45, 7) is 2.55. The van der Waals surface area contributed by atoms with Gasteiger partial charge in [-0.2, -0.15) is 0 Å². The molecule has 0 unspecified atom stereocenters. The van der Waals surface area contributed by atoms with Gasteiger partial charge in [0.2, 0.25) is 0 Å². The fourth-order valence-corrected chi connectivity index (χ4v) is 1.95. The molecular weight excluding hydrogens is 198 g/mol. The van der Waals surface area contributed by atoms with E-state index in [1.807, 2.05) is 29.5 Å². The van der Waals surface area contributed by atoms with Crippen LogP contribution in [0.15, 0.2) is 18.2 Å². The Kier molecular flexibility index (Phi) is 2.44. The highest BCUT2D eigenvalue weighted by molar-refractivity contribution is 6.29. The van der Waals surface area contributed by atoms with Gasteiger partial charge in [0.15, 0.2) is 0 Å². The molecule has 0 saturated heterocycles. The summed E-state index contributed by atoms with van der Waals surface area (Å²) in [4.78, 5) is 4.44. The van der Waals surface area contributed by atoms with Crippen LogP contribution in [0.25, 0.3) is 5.52 Å². The van der Waals surface area contributed by atoms with Crippen molar-refractivity contribution < 1.29 is 0 Å².